The molecule has 0 amide bonds. The highest BCUT2D eigenvalue weighted by atomic mass is 32.2. The van der Waals surface area contributed by atoms with Crippen molar-refractivity contribution >= 4 is 16.9 Å². The molecule has 2 rings (SSSR count). The van der Waals surface area contributed by atoms with Crippen molar-refractivity contribution in [2.24, 2.45) is 11.3 Å². The van der Waals surface area contributed by atoms with E-state index >= 15 is 0 Å². The molecular weight excluding hydrogens is 168 g/mol. The fraction of sp³-hybridized carbons (Fsp3) is 0.500. The summed E-state index contributed by atoms with van der Waals surface area (Å²) in [5.41, 5.74) is -0.153. The van der Waals surface area contributed by atoms with Crippen molar-refractivity contribution in [3.05, 3.63) is 24.3 Å². The molecule has 1 saturated heterocycles. The smallest absolute Gasteiger partial charge is 0.199 e. The van der Waals surface area contributed by atoms with Crippen LogP contribution in [-0.2, 0) is 4.79 Å². The summed E-state index contributed by atoms with van der Waals surface area (Å²) in [6.07, 6.45) is 9.11. The summed E-state index contributed by atoms with van der Waals surface area (Å²) >= 11 is 1.49. The lowest BCUT2D eigenvalue weighted by Gasteiger charge is -2.27. The van der Waals surface area contributed by atoms with Crippen molar-refractivity contribution in [1.82, 2.24) is 0 Å². The van der Waals surface area contributed by atoms with Gasteiger partial charge in [0, 0.05) is 5.75 Å². The van der Waals surface area contributed by atoms with Crippen LogP contribution in [0.25, 0.3) is 0 Å². The van der Waals surface area contributed by atoms with Gasteiger partial charge in [0.25, 0.3) is 0 Å². The predicted octanol–water partition coefficient (Wildman–Crippen LogP) is 2.40. The van der Waals surface area contributed by atoms with Gasteiger partial charge in [0.2, 0.25) is 0 Å². The zero-order valence-electron chi connectivity index (χ0n) is 7.12. The number of rotatable bonds is 0. The second-order valence-corrected chi connectivity index (χ2v) is 4.52. The molecule has 0 aromatic carbocycles. The van der Waals surface area contributed by atoms with E-state index in [9.17, 15) is 4.79 Å². The van der Waals surface area contributed by atoms with Gasteiger partial charge in [0.1, 0.15) is 0 Å². The topological polar surface area (TPSA) is 17.1 Å². The molecule has 2 heteroatoms. The summed E-state index contributed by atoms with van der Waals surface area (Å²) in [6.45, 7) is 2.17. The maximum Gasteiger partial charge on any atom is 0.199 e. The fourth-order valence-corrected chi connectivity index (χ4v) is 3.16. The van der Waals surface area contributed by atoms with Gasteiger partial charge in [-0.15, -0.1) is 0 Å². The Bertz CT molecular complexity index is 267. The SMILES string of the molecule is CC1CSC(=O)C12C=CC=CC2. The summed E-state index contributed by atoms with van der Waals surface area (Å²) in [4.78, 5) is 11.6. The minimum absolute atomic E-state index is 0.153. The molecular formula is C10H12OS. The molecule has 0 radical (unpaired) electrons. The summed E-state index contributed by atoms with van der Waals surface area (Å²) in [6, 6.07) is 0. The summed E-state index contributed by atoms with van der Waals surface area (Å²) in [5.74, 6) is 1.48. The van der Waals surface area contributed by atoms with Crippen LogP contribution in [0, 0.1) is 11.3 Å². The highest BCUT2D eigenvalue weighted by Gasteiger charge is 2.45. The Morgan fingerprint density at radius 2 is 2.42 bits per heavy atom. The molecule has 0 aromatic rings. The van der Waals surface area contributed by atoms with E-state index in [4.69, 9.17) is 0 Å². The average Bonchev–Trinajstić information content (AvgIpc) is 2.36. The summed E-state index contributed by atoms with van der Waals surface area (Å²) < 4.78 is 0. The monoisotopic (exact) mass is 180 g/mol. The van der Waals surface area contributed by atoms with Crippen LogP contribution in [0.5, 0.6) is 0 Å². The van der Waals surface area contributed by atoms with Gasteiger partial charge in [0.05, 0.1) is 5.41 Å². The first-order chi connectivity index (χ1) is 5.76. The molecule has 1 fully saturated rings. The second-order valence-electron chi connectivity index (χ2n) is 3.53. The van der Waals surface area contributed by atoms with Crippen LogP contribution in [0.15, 0.2) is 24.3 Å². The molecule has 0 saturated carbocycles. The molecule has 12 heavy (non-hydrogen) atoms. The van der Waals surface area contributed by atoms with Crippen LogP contribution in [-0.4, -0.2) is 10.9 Å². The van der Waals surface area contributed by atoms with Gasteiger partial charge in [-0.3, -0.25) is 4.79 Å². The van der Waals surface area contributed by atoms with E-state index in [0.29, 0.717) is 11.0 Å². The van der Waals surface area contributed by atoms with Crippen molar-refractivity contribution in [3.8, 4) is 0 Å². The van der Waals surface area contributed by atoms with Crippen molar-refractivity contribution < 1.29 is 4.79 Å². The van der Waals surface area contributed by atoms with Crippen LogP contribution < -0.4 is 0 Å². The molecule has 2 atom stereocenters. The lowest BCUT2D eigenvalue weighted by atomic mass is 9.74. The van der Waals surface area contributed by atoms with E-state index in [1.807, 2.05) is 12.2 Å². The van der Waals surface area contributed by atoms with Gasteiger partial charge < -0.3 is 0 Å². The summed E-state index contributed by atoms with van der Waals surface area (Å²) in [5, 5.41) is 0.357. The Balaban J connectivity index is 2.34. The average molecular weight is 180 g/mol. The van der Waals surface area contributed by atoms with E-state index in [0.717, 1.165) is 12.2 Å². The Kier molecular flexibility index (Phi) is 1.87. The van der Waals surface area contributed by atoms with Gasteiger partial charge in [0.15, 0.2) is 5.12 Å². The van der Waals surface area contributed by atoms with Gasteiger partial charge in [-0.1, -0.05) is 43.0 Å². The first-order valence-electron chi connectivity index (χ1n) is 4.27. The number of thioether (sulfide) groups is 1. The van der Waals surface area contributed by atoms with Crippen molar-refractivity contribution in [1.29, 1.82) is 0 Å². The predicted molar refractivity (Wildman–Crippen MR) is 52.0 cm³/mol. The normalized spacial score (nSPS) is 39.8. The molecule has 2 unspecified atom stereocenters. The molecule has 1 aliphatic carbocycles. The lowest BCUT2D eigenvalue weighted by molar-refractivity contribution is -0.118. The summed E-state index contributed by atoms with van der Waals surface area (Å²) in [7, 11) is 0. The fourth-order valence-electron chi connectivity index (χ4n) is 1.84. The largest absolute Gasteiger partial charge is 0.286 e. The van der Waals surface area contributed by atoms with Crippen molar-refractivity contribution in [2.75, 3.05) is 5.75 Å². The molecule has 0 bridgehead atoms. The van der Waals surface area contributed by atoms with Crippen molar-refractivity contribution in [2.45, 2.75) is 13.3 Å². The first kappa shape index (κ1) is 8.11. The van der Waals surface area contributed by atoms with E-state index in [2.05, 4.69) is 19.1 Å². The van der Waals surface area contributed by atoms with Crippen LogP contribution in [0.1, 0.15) is 13.3 Å². The number of hydrogen-bond donors (Lipinski definition) is 0. The van der Waals surface area contributed by atoms with E-state index in [-0.39, 0.29) is 5.41 Å². The third-order valence-electron chi connectivity index (χ3n) is 2.82. The van der Waals surface area contributed by atoms with Crippen LogP contribution in [0.2, 0.25) is 0 Å². The van der Waals surface area contributed by atoms with E-state index < -0.39 is 0 Å². The molecule has 64 valence electrons. The third-order valence-corrected chi connectivity index (χ3v) is 4.13. The van der Waals surface area contributed by atoms with Crippen LogP contribution in [0.4, 0.5) is 0 Å². The molecule has 1 nitrogen and oxygen atoms in total. The molecule has 1 spiro atoms. The highest BCUT2D eigenvalue weighted by molar-refractivity contribution is 8.14. The molecule has 2 aliphatic rings. The van der Waals surface area contributed by atoms with Gasteiger partial charge in [-0.2, -0.15) is 0 Å². The lowest BCUT2D eigenvalue weighted by Crippen LogP contribution is -2.29. The zero-order valence-corrected chi connectivity index (χ0v) is 7.93. The van der Waals surface area contributed by atoms with Gasteiger partial charge >= 0.3 is 0 Å². The number of carbonyl (C=O) groups excluding carboxylic acids is 1. The number of hydrogen-bond acceptors (Lipinski definition) is 2. The Morgan fingerprint density at radius 3 is 2.92 bits per heavy atom. The van der Waals surface area contributed by atoms with Crippen molar-refractivity contribution in [3.63, 3.8) is 0 Å². The molecule has 0 N–H and O–H groups in total. The molecule has 0 aromatic heterocycles. The Morgan fingerprint density at radius 1 is 1.58 bits per heavy atom. The van der Waals surface area contributed by atoms with E-state index in [1.165, 1.54) is 11.8 Å². The van der Waals surface area contributed by atoms with Crippen LogP contribution >= 0.6 is 11.8 Å². The van der Waals surface area contributed by atoms with Gasteiger partial charge in [-0.05, 0) is 12.3 Å². The number of carbonyl (C=O) groups is 1. The van der Waals surface area contributed by atoms with E-state index in [1.54, 1.807) is 0 Å². The third kappa shape index (κ3) is 0.977. The quantitative estimate of drug-likeness (QED) is 0.569. The Hall–Kier alpha value is -0.500. The maximum atomic E-state index is 11.6. The highest BCUT2D eigenvalue weighted by Crippen LogP contribution is 2.47. The minimum Gasteiger partial charge on any atom is -0.286 e. The standard InChI is InChI=1S/C10H12OS/c1-8-7-12-9(11)10(8)5-3-2-4-6-10/h2-5,8H,6-7H2,1H3. The molecule has 1 aliphatic heterocycles. The first-order valence-corrected chi connectivity index (χ1v) is 5.26. The minimum atomic E-state index is -0.153. The van der Waals surface area contributed by atoms with Crippen LogP contribution in [0.3, 0.4) is 0 Å². The maximum absolute atomic E-state index is 11.6. The van der Waals surface area contributed by atoms with Gasteiger partial charge in [-0.25, -0.2) is 0 Å². The zero-order chi connectivity index (χ0) is 8.60. The second kappa shape index (κ2) is 2.77. The number of allylic oxidation sites excluding steroid dienone is 4. The Labute approximate surface area is 76.9 Å². The molecule has 1 heterocycles.